The molecule has 138 valence electrons. The lowest BCUT2D eigenvalue weighted by atomic mass is 10.00. The largest absolute Gasteiger partial charge is 0.326 e. The molecule has 0 saturated carbocycles. The monoisotopic (exact) mass is 385 g/mol. The predicted octanol–water partition coefficient (Wildman–Crippen LogP) is 1.64. The topological polar surface area (TPSA) is 94.1 Å². The third kappa shape index (κ3) is 4.20. The summed E-state index contributed by atoms with van der Waals surface area (Å²) in [5, 5.41) is 4.07. The fourth-order valence-corrected chi connectivity index (χ4v) is 5.25. The van der Waals surface area contributed by atoms with Crippen LogP contribution in [0.5, 0.6) is 0 Å². The van der Waals surface area contributed by atoms with Gasteiger partial charge in [0.05, 0.1) is 11.4 Å². The molecule has 2 N–H and O–H groups in total. The Balaban J connectivity index is 0.00000225. The van der Waals surface area contributed by atoms with Crippen molar-refractivity contribution in [1.29, 1.82) is 0 Å². The van der Waals surface area contributed by atoms with Crippen molar-refractivity contribution in [3.8, 4) is 0 Å². The highest BCUT2D eigenvalue weighted by Gasteiger charge is 2.36. The van der Waals surface area contributed by atoms with Gasteiger partial charge in [0.1, 0.15) is 12.7 Å². The Morgan fingerprint density at radius 3 is 2.76 bits per heavy atom. The van der Waals surface area contributed by atoms with Gasteiger partial charge in [-0.05, 0) is 31.4 Å². The summed E-state index contributed by atoms with van der Waals surface area (Å²) in [5.74, 6) is 0. The molecule has 9 heteroatoms. The SMILES string of the molecule is CC(N)C1CCCCN1S(=O)(=O)c1ccccc1Cn1cncn1.Cl. The highest BCUT2D eigenvalue weighted by molar-refractivity contribution is 7.89. The zero-order valence-corrected chi connectivity index (χ0v) is 15.8. The molecule has 1 aliphatic rings. The Hall–Kier alpha value is -1.48. The second-order valence-corrected chi connectivity index (χ2v) is 8.10. The quantitative estimate of drug-likeness (QED) is 0.844. The fraction of sp³-hybridized carbons (Fsp3) is 0.500. The lowest BCUT2D eigenvalue weighted by Crippen LogP contribution is -2.51. The number of benzene rings is 1. The molecule has 2 atom stereocenters. The van der Waals surface area contributed by atoms with Crippen molar-refractivity contribution in [2.45, 2.75) is 49.7 Å². The van der Waals surface area contributed by atoms with E-state index in [1.165, 1.54) is 6.33 Å². The molecule has 0 bridgehead atoms. The zero-order valence-electron chi connectivity index (χ0n) is 14.2. The molecule has 0 spiro atoms. The first-order valence-electron chi connectivity index (χ1n) is 8.18. The zero-order chi connectivity index (χ0) is 17.2. The Labute approximate surface area is 154 Å². The predicted molar refractivity (Wildman–Crippen MR) is 98.0 cm³/mol. The molecule has 1 aliphatic heterocycles. The molecule has 0 aliphatic carbocycles. The van der Waals surface area contributed by atoms with Crippen molar-refractivity contribution >= 4 is 22.4 Å². The summed E-state index contributed by atoms with van der Waals surface area (Å²) in [6.45, 7) is 2.76. The average Bonchev–Trinajstić information content (AvgIpc) is 3.08. The van der Waals surface area contributed by atoms with E-state index in [0.29, 0.717) is 23.5 Å². The summed E-state index contributed by atoms with van der Waals surface area (Å²) in [4.78, 5) is 4.24. The molecule has 1 fully saturated rings. The second-order valence-electron chi connectivity index (χ2n) is 6.24. The van der Waals surface area contributed by atoms with Crippen LogP contribution < -0.4 is 5.73 Å². The maximum absolute atomic E-state index is 13.3. The summed E-state index contributed by atoms with van der Waals surface area (Å²) in [6, 6.07) is 6.73. The molecule has 0 radical (unpaired) electrons. The maximum Gasteiger partial charge on any atom is 0.243 e. The molecule has 2 aromatic rings. The molecule has 1 saturated heterocycles. The number of hydrogen-bond donors (Lipinski definition) is 1. The molecule has 2 unspecified atom stereocenters. The average molecular weight is 386 g/mol. The Bertz CT molecular complexity index is 780. The fourth-order valence-electron chi connectivity index (χ4n) is 3.26. The number of hydrogen-bond acceptors (Lipinski definition) is 5. The summed E-state index contributed by atoms with van der Waals surface area (Å²) in [6.07, 6.45) is 5.71. The minimum atomic E-state index is -3.60. The normalized spacial score (nSPS) is 20.0. The van der Waals surface area contributed by atoms with Crippen molar-refractivity contribution in [3.05, 3.63) is 42.5 Å². The van der Waals surface area contributed by atoms with E-state index in [-0.39, 0.29) is 24.5 Å². The third-order valence-electron chi connectivity index (χ3n) is 4.46. The number of halogens is 1. The summed E-state index contributed by atoms with van der Waals surface area (Å²) in [7, 11) is -3.60. The van der Waals surface area contributed by atoms with Crippen LogP contribution in [0.15, 0.2) is 41.8 Å². The number of sulfonamides is 1. The molecule has 1 aromatic heterocycles. The molecular weight excluding hydrogens is 362 g/mol. The van der Waals surface area contributed by atoms with Crippen molar-refractivity contribution in [1.82, 2.24) is 19.1 Å². The van der Waals surface area contributed by atoms with E-state index in [4.69, 9.17) is 5.73 Å². The van der Waals surface area contributed by atoms with Crippen LogP contribution in [0.1, 0.15) is 31.7 Å². The smallest absolute Gasteiger partial charge is 0.243 e. The van der Waals surface area contributed by atoms with Crippen molar-refractivity contribution in [2.24, 2.45) is 5.73 Å². The number of aromatic nitrogens is 3. The summed E-state index contributed by atoms with van der Waals surface area (Å²) < 4.78 is 29.8. The van der Waals surface area contributed by atoms with E-state index >= 15 is 0 Å². The van der Waals surface area contributed by atoms with Gasteiger partial charge in [0.15, 0.2) is 0 Å². The first kappa shape index (κ1) is 19.8. The van der Waals surface area contributed by atoms with E-state index in [9.17, 15) is 8.42 Å². The van der Waals surface area contributed by atoms with E-state index in [0.717, 1.165) is 19.3 Å². The van der Waals surface area contributed by atoms with Crippen LogP contribution in [0.25, 0.3) is 0 Å². The molecule has 25 heavy (non-hydrogen) atoms. The van der Waals surface area contributed by atoms with Crippen molar-refractivity contribution < 1.29 is 8.42 Å². The van der Waals surface area contributed by atoms with Gasteiger partial charge < -0.3 is 5.73 Å². The number of nitrogens with two attached hydrogens (primary N) is 1. The highest BCUT2D eigenvalue weighted by atomic mass is 35.5. The molecule has 1 aromatic carbocycles. The van der Waals surface area contributed by atoms with Crippen LogP contribution >= 0.6 is 12.4 Å². The van der Waals surface area contributed by atoms with Crippen LogP contribution in [-0.4, -0.2) is 46.1 Å². The first-order valence-corrected chi connectivity index (χ1v) is 9.62. The minimum absolute atomic E-state index is 0. The van der Waals surface area contributed by atoms with Crippen LogP contribution in [-0.2, 0) is 16.6 Å². The van der Waals surface area contributed by atoms with Gasteiger partial charge in [0, 0.05) is 18.6 Å². The lowest BCUT2D eigenvalue weighted by Gasteiger charge is -2.37. The molecule has 3 rings (SSSR count). The molecular formula is C16H24ClN5O2S. The van der Waals surface area contributed by atoms with Gasteiger partial charge in [-0.3, -0.25) is 0 Å². The summed E-state index contributed by atoms with van der Waals surface area (Å²) >= 11 is 0. The van der Waals surface area contributed by atoms with Crippen LogP contribution in [0, 0.1) is 0 Å². The van der Waals surface area contributed by atoms with E-state index in [2.05, 4.69) is 10.1 Å². The number of nitrogens with zero attached hydrogens (tertiary/aromatic N) is 4. The van der Waals surface area contributed by atoms with E-state index in [1.807, 2.05) is 19.1 Å². The van der Waals surface area contributed by atoms with E-state index in [1.54, 1.807) is 27.4 Å². The Morgan fingerprint density at radius 2 is 2.08 bits per heavy atom. The molecule has 7 nitrogen and oxygen atoms in total. The molecule has 2 heterocycles. The van der Waals surface area contributed by atoms with Crippen molar-refractivity contribution in [2.75, 3.05) is 6.54 Å². The standard InChI is InChI=1S/C16H23N5O2S.ClH/c1-13(17)15-7-4-5-9-21(15)24(22,23)16-8-3-2-6-14(16)10-20-12-18-11-19-20;/h2-3,6,8,11-13,15H,4-5,7,9-10,17H2,1H3;1H. The van der Waals surface area contributed by atoms with Gasteiger partial charge in [0.2, 0.25) is 10.0 Å². The van der Waals surface area contributed by atoms with Crippen LogP contribution in [0.3, 0.4) is 0 Å². The summed E-state index contributed by atoms with van der Waals surface area (Å²) in [5.41, 5.74) is 6.76. The Morgan fingerprint density at radius 1 is 1.32 bits per heavy atom. The Kier molecular flexibility index (Phi) is 6.56. The van der Waals surface area contributed by atoms with Gasteiger partial charge in [-0.1, -0.05) is 24.6 Å². The number of rotatable bonds is 5. The van der Waals surface area contributed by atoms with Gasteiger partial charge in [-0.25, -0.2) is 18.1 Å². The minimum Gasteiger partial charge on any atom is -0.326 e. The van der Waals surface area contributed by atoms with Gasteiger partial charge in [-0.2, -0.15) is 9.40 Å². The lowest BCUT2D eigenvalue weighted by molar-refractivity contribution is 0.227. The second kappa shape index (κ2) is 8.27. The number of piperidine rings is 1. The van der Waals surface area contributed by atoms with Crippen LogP contribution in [0.2, 0.25) is 0 Å². The van der Waals surface area contributed by atoms with Gasteiger partial charge >= 0.3 is 0 Å². The first-order chi connectivity index (χ1) is 11.5. The van der Waals surface area contributed by atoms with Gasteiger partial charge in [-0.15, -0.1) is 12.4 Å². The molecule has 0 amide bonds. The van der Waals surface area contributed by atoms with E-state index < -0.39 is 10.0 Å². The highest BCUT2D eigenvalue weighted by Crippen LogP contribution is 2.28. The van der Waals surface area contributed by atoms with Crippen molar-refractivity contribution in [3.63, 3.8) is 0 Å². The van der Waals surface area contributed by atoms with Gasteiger partial charge in [0.25, 0.3) is 0 Å². The third-order valence-corrected chi connectivity index (χ3v) is 6.49. The van der Waals surface area contributed by atoms with Crippen LogP contribution in [0.4, 0.5) is 0 Å². The maximum atomic E-state index is 13.3.